The third-order valence-electron chi connectivity index (χ3n) is 1.92. The lowest BCUT2D eigenvalue weighted by Gasteiger charge is -2.07. The number of rotatable bonds is 5. The first-order valence-corrected chi connectivity index (χ1v) is 6.82. The highest BCUT2D eigenvalue weighted by Gasteiger charge is 2.03. The van der Waals surface area contributed by atoms with Gasteiger partial charge in [0.25, 0.3) is 0 Å². The molecule has 1 N–H and O–H groups in total. The van der Waals surface area contributed by atoms with E-state index in [1.54, 1.807) is 0 Å². The minimum Gasteiger partial charge on any atom is -0.310 e. The van der Waals surface area contributed by atoms with Crippen LogP contribution in [-0.2, 0) is 6.54 Å². The molecule has 0 saturated carbocycles. The second-order valence-electron chi connectivity index (χ2n) is 3.72. The molecular formula is C10H13N5S2. The zero-order valence-electron chi connectivity index (χ0n) is 9.62. The van der Waals surface area contributed by atoms with Crippen molar-refractivity contribution in [2.75, 3.05) is 0 Å². The molecule has 0 aromatic carbocycles. The Kier molecular flexibility index (Phi) is 4.41. The fourth-order valence-electron chi connectivity index (χ4n) is 1.09. The van der Waals surface area contributed by atoms with Crippen LogP contribution in [0.3, 0.4) is 0 Å². The van der Waals surface area contributed by atoms with Gasteiger partial charge < -0.3 is 5.32 Å². The molecule has 0 saturated heterocycles. The van der Waals surface area contributed by atoms with Crippen LogP contribution in [0.25, 0.3) is 0 Å². The number of aromatic nitrogens is 4. The van der Waals surface area contributed by atoms with Gasteiger partial charge in [-0.25, -0.2) is 15.0 Å². The molecule has 7 heteroatoms. The Morgan fingerprint density at radius 1 is 1.29 bits per heavy atom. The van der Waals surface area contributed by atoms with E-state index in [1.165, 1.54) is 29.6 Å². The Balaban J connectivity index is 1.93. The van der Waals surface area contributed by atoms with E-state index in [1.807, 2.05) is 12.4 Å². The molecule has 17 heavy (non-hydrogen) atoms. The van der Waals surface area contributed by atoms with Crippen LogP contribution < -0.4 is 5.32 Å². The maximum absolute atomic E-state index is 4.28. The highest BCUT2D eigenvalue weighted by molar-refractivity contribution is 8.00. The van der Waals surface area contributed by atoms with E-state index < -0.39 is 0 Å². The fraction of sp³-hybridized carbons (Fsp3) is 0.400. The Bertz CT molecular complexity index is 440. The molecule has 0 unspecified atom stereocenters. The van der Waals surface area contributed by atoms with Crippen LogP contribution in [0.1, 0.15) is 19.4 Å². The molecule has 0 amide bonds. The molecule has 0 atom stereocenters. The SMILES string of the molecule is CC(C)NCc1cnc(Sc2ncns2)nc1. The molecular weight excluding hydrogens is 254 g/mol. The van der Waals surface area contributed by atoms with Crippen molar-refractivity contribution >= 4 is 23.3 Å². The summed E-state index contributed by atoms with van der Waals surface area (Å²) in [4.78, 5) is 12.6. The standard InChI is InChI=1S/C10H13N5S2/c1-7(2)11-3-8-4-12-9(13-5-8)16-10-14-6-15-17-10/h4-7,11H,3H2,1-2H3. The van der Waals surface area contributed by atoms with Gasteiger partial charge in [-0.1, -0.05) is 13.8 Å². The van der Waals surface area contributed by atoms with Gasteiger partial charge >= 0.3 is 0 Å². The van der Waals surface area contributed by atoms with Gasteiger partial charge in [-0.3, -0.25) is 0 Å². The molecule has 0 aliphatic rings. The van der Waals surface area contributed by atoms with Gasteiger partial charge in [0.15, 0.2) is 9.50 Å². The van der Waals surface area contributed by atoms with Crippen LogP contribution in [0, 0.1) is 0 Å². The zero-order chi connectivity index (χ0) is 12.1. The topological polar surface area (TPSA) is 63.6 Å². The number of hydrogen-bond donors (Lipinski definition) is 1. The lowest BCUT2D eigenvalue weighted by molar-refractivity contribution is 0.585. The summed E-state index contributed by atoms with van der Waals surface area (Å²) in [5, 5.41) is 4.02. The first-order chi connectivity index (χ1) is 8.24. The molecule has 2 rings (SSSR count). The van der Waals surface area contributed by atoms with Crippen molar-refractivity contribution in [3.05, 3.63) is 24.3 Å². The summed E-state index contributed by atoms with van der Waals surface area (Å²) in [6.45, 7) is 5.02. The lowest BCUT2D eigenvalue weighted by Crippen LogP contribution is -2.21. The quantitative estimate of drug-likeness (QED) is 0.836. The average molecular weight is 267 g/mol. The highest BCUT2D eigenvalue weighted by atomic mass is 32.2. The molecule has 2 aromatic rings. The lowest BCUT2D eigenvalue weighted by atomic mass is 10.3. The normalized spacial score (nSPS) is 11.0. The molecule has 2 aromatic heterocycles. The highest BCUT2D eigenvalue weighted by Crippen LogP contribution is 2.24. The minimum absolute atomic E-state index is 0.463. The van der Waals surface area contributed by atoms with Crippen molar-refractivity contribution in [1.29, 1.82) is 0 Å². The third kappa shape index (κ3) is 4.03. The third-order valence-corrected chi connectivity index (χ3v) is 3.52. The summed E-state index contributed by atoms with van der Waals surface area (Å²) in [6, 6.07) is 0.463. The number of nitrogens with zero attached hydrogens (tertiary/aromatic N) is 4. The van der Waals surface area contributed by atoms with E-state index >= 15 is 0 Å². The van der Waals surface area contributed by atoms with Crippen molar-refractivity contribution in [3.63, 3.8) is 0 Å². The van der Waals surface area contributed by atoms with Crippen molar-refractivity contribution in [3.8, 4) is 0 Å². The zero-order valence-corrected chi connectivity index (χ0v) is 11.3. The van der Waals surface area contributed by atoms with Gasteiger partial charge in [-0.2, -0.15) is 4.37 Å². The molecule has 0 fully saturated rings. The summed E-state index contributed by atoms with van der Waals surface area (Å²) in [7, 11) is 0. The van der Waals surface area contributed by atoms with Gasteiger partial charge in [0.2, 0.25) is 0 Å². The van der Waals surface area contributed by atoms with Crippen LogP contribution >= 0.6 is 23.3 Å². The van der Waals surface area contributed by atoms with E-state index in [2.05, 4.69) is 38.5 Å². The fourth-order valence-corrected chi connectivity index (χ4v) is 2.34. The van der Waals surface area contributed by atoms with E-state index in [0.29, 0.717) is 11.2 Å². The Morgan fingerprint density at radius 2 is 2.06 bits per heavy atom. The molecule has 0 bridgehead atoms. The Morgan fingerprint density at radius 3 is 2.65 bits per heavy atom. The summed E-state index contributed by atoms with van der Waals surface area (Å²) >= 11 is 2.78. The van der Waals surface area contributed by atoms with E-state index in [4.69, 9.17) is 0 Å². The maximum Gasteiger partial charge on any atom is 0.194 e. The second kappa shape index (κ2) is 6.04. The molecule has 2 heterocycles. The largest absolute Gasteiger partial charge is 0.310 e. The van der Waals surface area contributed by atoms with Crippen molar-refractivity contribution in [1.82, 2.24) is 24.6 Å². The van der Waals surface area contributed by atoms with Gasteiger partial charge in [0.1, 0.15) is 6.33 Å². The predicted molar refractivity (Wildman–Crippen MR) is 68.0 cm³/mol. The van der Waals surface area contributed by atoms with Gasteiger partial charge in [0, 0.05) is 30.5 Å². The van der Waals surface area contributed by atoms with E-state index in [0.717, 1.165) is 16.4 Å². The van der Waals surface area contributed by atoms with Crippen molar-refractivity contribution in [2.45, 2.75) is 35.9 Å². The van der Waals surface area contributed by atoms with Crippen LogP contribution in [0.5, 0.6) is 0 Å². The summed E-state index contributed by atoms with van der Waals surface area (Å²) in [5.41, 5.74) is 1.08. The summed E-state index contributed by atoms with van der Waals surface area (Å²) in [6.07, 6.45) is 5.21. The van der Waals surface area contributed by atoms with Gasteiger partial charge in [0.05, 0.1) is 0 Å². The maximum atomic E-state index is 4.28. The van der Waals surface area contributed by atoms with Crippen LogP contribution in [0.2, 0.25) is 0 Å². The van der Waals surface area contributed by atoms with Crippen LogP contribution in [0.4, 0.5) is 0 Å². The molecule has 0 spiro atoms. The smallest absolute Gasteiger partial charge is 0.194 e. The first kappa shape index (κ1) is 12.4. The number of hydrogen-bond acceptors (Lipinski definition) is 7. The minimum atomic E-state index is 0.463. The van der Waals surface area contributed by atoms with Crippen LogP contribution in [-0.4, -0.2) is 25.4 Å². The van der Waals surface area contributed by atoms with Crippen molar-refractivity contribution < 1.29 is 0 Å². The first-order valence-electron chi connectivity index (χ1n) is 5.23. The summed E-state index contributed by atoms with van der Waals surface area (Å²) < 4.78 is 4.79. The van der Waals surface area contributed by atoms with Gasteiger partial charge in [-0.05, 0) is 23.3 Å². The molecule has 0 aliphatic heterocycles. The Labute approximate surface area is 108 Å². The monoisotopic (exact) mass is 267 g/mol. The van der Waals surface area contributed by atoms with E-state index in [9.17, 15) is 0 Å². The van der Waals surface area contributed by atoms with Gasteiger partial charge in [-0.15, -0.1) is 0 Å². The number of nitrogens with one attached hydrogen (secondary N) is 1. The molecule has 0 radical (unpaired) electrons. The molecule has 0 aliphatic carbocycles. The van der Waals surface area contributed by atoms with Crippen LogP contribution in [0.15, 0.2) is 28.2 Å². The summed E-state index contributed by atoms with van der Waals surface area (Å²) in [5.74, 6) is 0. The second-order valence-corrected chi connectivity index (χ2v) is 5.71. The predicted octanol–water partition coefficient (Wildman–Crippen LogP) is 1.98. The average Bonchev–Trinajstić information content (AvgIpc) is 2.81. The Hall–Kier alpha value is -1.05. The molecule has 90 valence electrons. The van der Waals surface area contributed by atoms with Crippen molar-refractivity contribution in [2.24, 2.45) is 0 Å². The van der Waals surface area contributed by atoms with E-state index in [-0.39, 0.29) is 0 Å². The molecule has 5 nitrogen and oxygen atoms in total.